The molecule has 5 heteroatoms. The number of likely N-dealkylation sites (tertiary alicyclic amines) is 2. The molecule has 1 aromatic heterocycles. The number of aromatic amines is 1. The second-order valence-electron chi connectivity index (χ2n) is 7.56. The predicted octanol–water partition coefficient (Wildman–Crippen LogP) is 2.58. The number of hydrogen-bond acceptors (Lipinski definition) is 3. The van der Waals surface area contributed by atoms with E-state index < -0.39 is 0 Å². The van der Waals surface area contributed by atoms with E-state index >= 15 is 0 Å². The van der Waals surface area contributed by atoms with E-state index in [1.807, 2.05) is 4.90 Å². The molecule has 0 bridgehead atoms. The Labute approximate surface area is 149 Å². The summed E-state index contributed by atoms with van der Waals surface area (Å²) in [5, 5.41) is 0. The van der Waals surface area contributed by atoms with Crippen LogP contribution in [0.5, 0.6) is 0 Å². The molecule has 1 N–H and O–H groups in total. The predicted molar refractivity (Wildman–Crippen MR) is 97.4 cm³/mol. The smallest absolute Gasteiger partial charge is 0.271 e. The molecule has 1 amide bonds. The van der Waals surface area contributed by atoms with E-state index in [0.717, 1.165) is 39.0 Å². The van der Waals surface area contributed by atoms with Crippen molar-refractivity contribution in [2.45, 2.75) is 25.7 Å². The summed E-state index contributed by atoms with van der Waals surface area (Å²) >= 11 is 0. The lowest BCUT2D eigenvalue weighted by Crippen LogP contribution is -2.46. The van der Waals surface area contributed by atoms with Crippen LogP contribution in [-0.4, -0.2) is 58.4 Å². The Hall–Kier alpha value is -2.14. The third-order valence-electron chi connectivity index (χ3n) is 5.75. The van der Waals surface area contributed by atoms with Crippen molar-refractivity contribution in [1.29, 1.82) is 0 Å². The summed E-state index contributed by atoms with van der Waals surface area (Å²) in [4.78, 5) is 24.1. The van der Waals surface area contributed by atoms with Crippen molar-refractivity contribution in [2.75, 3.05) is 32.7 Å². The number of imidazole rings is 1. The summed E-state index contributed by atoms with van der Waals surface area (Å²) in [5.74, 6) is 0.0933. The highest BCUT2D eigenvalue weighted by Crippen LogP contribution is 2.39. The molecule has 0 saturated carbocycles. The van der Waals surface area contributed by atoms with Crippen LogP contribution in [0.3, 0.4) is 0 Å². The lowest BCUT2D eigenvalue weighted by molar-refractivity contribution is 0.0688. The molecule has 3 heterocycles. The van der Waals surface area contributed by atoms with Crippen LogP contribution < -0.4 is 0 Å². The molecule has 0 aliphatic carbocycles. The van der Waals surface area contributed by atoms with Crippen LogP contribution in [0.4, 0.5) is 0 Å². The molecule has 0 radical (unpaired) electrons. The van der Waals surface area contributed by atoms with Crippen LogP contribution in [0, 0.1) is 5.41 Å². The molecule has 2 aromatic rings. The first kappa shape index (κ1) is 16.3. The molecular formula is C20H26N4O. The van der Waals surface area contributed by atoms with Crippen LogP contribution in [-0.2, 0) is 6.42 Å². The van der Waals surface area contributed by atoms with E-state index in [2.05, 4.69) is 45.2 Å². The second-order valence-corrected chi connectivity index (χ2v) is 7.56. The molecule has 5 nitrogen and oxygen atoms in total. The summed E-state index contributed by atoms with van der Waals surface area (Å²) in [6.45, 7) is 5.16. The lowest BCUT2D eigenvalue weighted by Gasteiger charge is -2.40. The molecule has 2 fully saturated rings. The molecular weight excluding hydrogens is 312 g/mol. The number of rotatable bonds is 4. The Morgan fingerprint density at radius 1 is 1.16 bits per heavy atom. The number of H-pyrrole nitrogens is 1. The van der Waals surface area contributed by atoms with Crippen molar-refractivity contribution in [2.24, 2.45) is 5.41 Å². The van der Waals surface area contributed by atoms with E-state index in [1.54, 1.807) is 12.5 Å². The van der Waals surface area contributed by atoms with Crippen molar-refractivity contribution in [3.8, 4) is 0 Å². The normalized spacial score (nSPS) is 24.1. The summed E-state index contributed by atoms with van der Waals surface area (Å²) in [6, 6.07) is 10.7. The van der Waals surface area contributed by atoms with Gasteiger partial charge in [0.05, 0.1) is 12.5 Å². The van der Waals surface area contributed by atoms with Crippen molar-refractivity contribution >= 4 is 5.91 Å². The SMILES string of the molecule is O=C(c1cnc[nH]1)N1CCC2(CCCN(CCc3ccccc3)C2)C1. The van der Waals surface area contributed by atoms with Crippen LogP contribution in [0.1, 0.15) is 35.3 Å². The van der Waals surface area contributed by atoms with Gasteiger partial charge >= 0.3 is 0 Å². The third kappa shape index (κ3) is 3.61. The van der Waals surface area contributed by atoms with Gasteiger partial charge in [-0.1, -0.05) is 30.3 Å². The number of carbonyl (C=O) groups is 1. The topological polar surface area (TPSA) is 52.2 Å². The van der Waals surface area contributed by atoms with E-state index in [9.17, 15) is 4.79 Å². The number of nitrogens with one attached hydrogen (secondary N) is 1. The average Bonchev–Trinajstić information content (AvgIpc) is 3.31. The molecule has 1 atom stereocenters. The first-order valence-electron chi connectivity index (χ1n) is 9.28. The lowest BCUT2D eigenvalue weighted by atomic mass is 9.79. The van der Waals surface area contributed by atoms with Gasteiger partial charge in [-0.3, -0.25) is 4.79 Å². The largest absolute Gasteiger partial charge is 0.341 e. The standard InChI is InChI=1S/C20H26N4O/c25-19(18-13-21-16-22-18)24-12-9-20(15-24)8-4-10-23(14-20)11-7-17-5-2-1-3-6-17/h1-3,5-6,13,16H,4,7-12,14-15H2,(H,21,22). The molecule has 4 rings (SSSR count). The highest BCUT2D eigenvalue weighted by Gasteiger charge is 2.42. The number of nitrogens with zero attached hydrogens (tertiary/aromatic N) is 3. The zero-order valence-corrected chi connectivity index (χ0v) is 14.7. The summed E-state index contributed by atoms with van der Waals surface area (Å²) in [5.41, 5.74) is 2.29. The van der Waals surface area contributed by atoms with Gasteiger partial charge in [0.2, 0.25) is 0 Å². The third-order valence-corrected chi connectivity index (χ3v) is 5.75. The van der Waals surface area contributed by atoms with Gasteiger partial charge < -0.3 is 14.8 Å². The first-order valence-corrected chi connectivity index (χ1v) is 9.28. The molecule has 1 aromatic carbocycles. The van der Waals surface area contributed by atoms with Gasteiger partial charge in [0.25, 0.3) is 5.91 Å². The van der Waals surface area contributed by atoms with E-state index in [0.29, 0.717) is 5.69 Å². The van der Waals surface area contributed by atoms with Crippen LogP contribution in [0.2, 0.25) is 0 Å². The van der Waals surface area contributed by atoms with Gasteiger partial charge in [-0.2, -0.15) is 0 Å². The number of piperidine rings is 1. The Morgan fingerprint density at radius 2 is 2.04 bits per heavy atom. The first-order chi connectivity index (χ1) is 12.2. The van der Waals surface area contributed by atoms with Crippen molar-refractivity contribution < 1.29 is 4.79 Å². The summed E-state index contributed by atoms with van der Waals surface area (Å²) in [6.07, 6.45) is 7.90. The van der Waals surface area contributed by atoms with Gasteiger partial charge in [0, 0.05) is 31.6 Å². The van der Waals surface area contributed by atoms with Crippen molar-refractivity contribution in [3.05, 3.63) is 54.1 Å². The number of benzene rings is 1. The highest BCUT2D eigenvalue weighted by molar-refractivity contribution is 5.92. The van der Waals surface area contributed by atoms with E-state index in [-0.39, 0.29) is 11.3 Å². The van der Waals surface area contributed by atoms with Crippen molar-refractivity contribution in [3.63, 3.8) is 0 Å². The molecule has 2 aliphatic heterocycles. The Balaban J connectivity index is 1.35. The van der Waals surface area contributed by atoms with Crippen LogP contribution >= 0.6 is 0 Å². The Morgan fingerprint density at radius 3 is 2.84 bits per heavy atom. The molecule has 1 unspecified atom stereocenters. The minimum atomic E-state index is 0.0933. The fourth-order valence-corrected chi connectivity index (χ4v) is 4.42. The van der Waals surface area contributed by atoms with Gasteiger partial charge in [0.15, 0.2) is 0 Å². The number of aromatic nitrogens is 2. The quantitative estimate of drug-likeness (QED) is 0.932. The molecule has 2 aliphatic rings. The molecule has 1 spiro atoms. The van der Waals surface area contributed by atoms with Crippen LogP contribution in [0.15, 0.2) is 42.9 Å². The minimum absolute atomic E-state index is 0.0933. The Kier molecular flexibility index (Phi) is 4.57. The fourth-order valence-electron chi connectivity index (χ4n) is 4.42. The second kappa shape index (κ2) is 7.00. The fraction of sp³-hybridized carbons (Fsp3) is 0.500. The highest BCUT2D eigenvalue weighted by atomic mass is 16.2. The Bertz CT molecular complexity index is 700. The van der Waals surface area contributed by atoms with Gasteiger partial charge in [-0.15, -0.1) is 0 Å². The maximum Gasteiger partial charge on any atom is 0.271 e. The maximum atomic E-state index is 12.6. The number of amides is 1. The van der Waals surface area contributed by atoms with Gasteiger partial charge in [0.1, 0.15) is 5.69 Å². The number of carbonyl (C=O) groups excluding carboxylic acids is 1. The summed E-state index contributed by atoms with van der Waals surface area (Å²) < 4.78 is 0. The maximum absolute atomic E-state index is 12.6. The monoisotopic (exact) mass is 338 g/mol. The van der Waals surface area contributed by atoms with Gasteiger partial charge in [-0.25, -0.2) is 4.98 Å². The van der Waals surface area contributed by atoms with Crippen LogP contribution in [0.25, 0.3) is 0 Å². The molecule has 132 valence electrons. The van der Waals surface area contributed by atoms with Crippen molar-refractivity contribution in [1.82, 2.24) is 19.8 Å². The number of hydrogen-bond donors (Lipinski definition) is 1. The zero-order chi connectivity index (χ0) is 17.1. The molecule has 2 saturated heterocycles. The van der Waals surface area contributed by atoms with E-state index in [4.69, 9.17) is 0 Å². The van der Waals surface area contributed by atoms with Gasteiger partial charge in [-0.05, 0) is 37.8 Å². The summed E-state index contributed by atoms with van der Waals surface area (Å²) in [7, 11) is 0. The molecule has 25 heavy (non-hydrogen) atoms. The van der Waals surface area contributed by atoms with E-state index in [1.165, 1.54) is 24.9 Å². The minimum Gasteiger partial charge on any atom is -0.341 e. The zero-order valence-electron chi connectivity index (χ0n) is 14.7. The average molecular weight is 338 g/mol.